The Labute approximate surface area is 54.8 Å². The van der Waals surface area contributed by atoms with Crippen molar-refractivity contribution in [3.8, 4) is 0 Å². The first-order valence-corrected chi connectivity index (χ1v) is 6.88. The Bertz CT molecular complexity index is 60.7. The average Bonchev–Trinajstić information content (AvgIpc) is 2.17. The first kappa shape index (κ1) is 5.93. The van der Waals surface area contributed by atoms with Crippen LogP contribution < -0.4 is 0 Å². The van der Waals surface area contributed by atoms with Crippen molar-refractivity contribution in [2.24, 2.45) is 5.92 Å². The second kappa shape index (κ2) is 2.38. The minimum atomic E-state index is -1.22. The number of hydrogen-bond acceptors (Lipinski definition) is 0. The van der Waals surface area contributed by atoms with Crippen LogP contribution in [-0.4, -0.2) is 7.42 Å². The van der Waals surface area contributed by atoms with E-state index in [1.807, 2.05) is 0 Å². The van der Waals surface area contributed by atoms with Crippen LogP contribution >= 0.6 is 22.2 Å². The van der Waals surface area contributed by atoms with E-state index >= 15 is 0 Å². The molecule has 0 aliphatic heterocycles. The Morgan fingerprint density at radius 3 is 2.14 bits per heavy atom. The number of hydrogen-bond donors (Lipinski definition) is 0. The SMILES string of the molecule is Cl[SiH](Cl)CC1CC1. The second-order valence-corrected chi connectivity index (χ2v) is 7.15. The molecule has 1 saturated carbocycles. The van der Waals surface area contributed by atoms with Gasteiger partial charge in [0.15, 0.2) is 0 Å². The zero-order chi connectivity index (χ0) is 5.28. The summed E-state index contributed by atoms with van der Waals surface area (Å²) >= 11 is 11.2. The highest BCUT2D eigenvalue weighted by Crippen LogP contribution is 2.35. The molecule has 0 spiro atoms. The zero-order valence-electron chi connectivity index (χ0n) is 4.03. The van der Waals surface area contributed by atoms with Gasteiger partial charge in [0.2, 0.25) is 7.42 Å². The third-order valence-electron chi connectivity index (χ3n) is 1.21. The average molecular weight is 155 g/mol. The van der Waals surface area contributed by atoms with E-state index in [1.54, 1.807) is 0 Å². The van der Waals surface area contributed by atoms with E-state index in [2.05, 4.69) is 0 Å². The van der Waals surface area contributed by atoms with Gasteiger partial charge >= 0.3 is 0 Å². The molecule has 0 nitrogen and oxygen atoms in total. The van der Waals surface area contributed by atoms with Crippen LogP contribution in [0.3, 0.4) is 0 Å². The highest BCUT2D eigenvalue weighted by molar-refractivity contribution is 7.33. The quantitative estimate of drug-likeness (QED) is 0.423. The molecule has 1 aliphatic rings. The van der Waals surface area contributed by atoms with Crippen molar-refractivity contribution in [1.29, 1.82) is 0 Å². The van der Waals surface area contributed by atoms with Gasteiger partial charge in [-0.3, -0.25) is 0 Å². The normalized spacial score (nSPS) is 21.0. The Hall–Kier alpha value is 0.797. The van der Waals surface area contributed by atoms with Gasteiger partial charge in [-0.25, -0.2) is 0 Å². The highest BCUT2D eigenvalue weighted by atomic mass is 35.7. The molecule has 0 heterocycles. The molecule has 3 heteroatoms. The fraction of sp³-hybridized carbons (Fsp3) is 1.00. The van der Waals surface area contributed by atoms with Crippen LogP contribution in [0, 0.1) is 5.92 Å². The van der Waals surface area contributed by atoms with E-state index in [-0.39, 0.29) is 0 Å². The highest BCUT2D eigenvalue weighted by Gasteiger charge is 2.24. The monoisotopic (exact) mass is 154 g/mol. The second-order valence-electron chi connectivity index (χ2n) is 2.07. The molecule has 0 saturated heterocycles. The van der Waals surface area contributed by atoms with Crippen molar-refractivity contribution in [3.05, 3.63) is 0 Å². The lowest BCUT2D eigenvalue weighted by Gasteiger charge is -1.90. The van der Waals surface area contributed by atoms with Gasteiger partial charge in [-0.15, -0.1) is 0 Å². The third kappa shape index (κ3) is 2.57. The first-order valence-electron chi connectivity index (χ1n) is 2.57. The van der Waals surface area contributed by atoms with Gasteiger partial charge in [0.1, 0.15) is 0 Å². The molecular formula is C4H8Cl2Si. The van der Waals surface area contributed by atoms with Crippen molar-refractivity contribution in [3.63, 3.8) is 0 Å². The summed E-state index contributed by atoms with van der Waals surface area (Å²) in [5.41, 5.74) is 0. The predicted molar refractivity (Wildman–Crippen MR) is 36.4 cm³/mol. The fourth-order valence-electron chi connectivity index (χ4n) is 0.606. The number of rotatable bonds is 2. The summed E-state index contributed by atoms with van der Waals surface area (Å²) in [4.78, 5) is 0. The maximum Gasteiger partial charge on any atom is 0.237 e. The van der Waals surface area contributed by atoms with Crippen molar-refractivity contribution < 1.29 is 0 Å². The summed E-state index contributed by atoms with van der Waals surface area (Å²) in [7, 11) is -1.22. The van der Waals surface area contributed by atoms with E-state index in [1.165, 1.54) is 12.8 Å². The molecule has 1 aliphatic carbocycles. The van der Waals surface area contributed by atoms with Crippen molar-refractivity contribution >= 4 is 29.6 Å². The lowest BCUT2D eigenvalue weighted by atomic mass is 10.5. The van der Waals surface area contributed by atoms with Gasteiger partial charge in [0.05, 0.1) is 0 Å². The van der Waals surface area contributed by atoms with Gasteiger partial charge in [-0.2, -0.15) is 22.2 Å². The number of halogens is 2. The third-order valence-corrected chi connectivity index (χ3v) is 3.30. The van der Waals surface area contributed by atoms with Gasteiger partial charge in [0.25, 0.3) is 0 Å². The van der Waals surface area contributed by atoms with E-state index in [0.29, 0.717) is 0 Å². The summed E-state index contributed by atoms with van der Waals surface area (Å²) in [5, 5.41) is 0. The standard InChI is InChI=1S/C4H8Cl2Si/c5-7(6)3-4-1-2-4/h4,7H,1-3H2. The minimum Gasteiger partial charge on any atom is -0.150 e. The van der Waals surface area contributed by atoms with Crippen molar-refractivity contribution in [2.75, 3.05) is 0 Å². The molecule has 1 rings (SSSR count). The lowest BCUT2D eigenvalue weighted by molar-refractivity contribution is 0.973. The van der Waals surface area contributed by atoms with Crippen LogP contribution in [-0.2, 0) is 0 Å². The summed E-state index contributed by atoms with van der Waals surface area (Å²) in [6.07, 6.45) is 2.76. The van der Waals surface area contributed by atoms with Crippen LogP contribution in [0.25, 0.3) is 0 Å². The smallest absolute Gasteiger partial charge is 0.150 e. The fourth-order valence-corrected chi connectivity index (χ4v) is 3.09. The molecule has 7 heavy (non-hydrogen) atoms. The Morgan fingerprint density at radius 1 is 1.43 bits per heavy atom. The molecule has 0 atom stereocenters. The zero-order valence-corrected chi connectivity index (χ0v) is 6.70. The largest absolute Gasteiger partial charge is 0.237 e. The molecule has 0 N–H and O–H groups in total. The van der Waals surface area contributed by atoms with E-state index < -0.39 is 7.42 Å². The molecule has 0 radical (unpaired) electrons. The van der Waals surface area contributed by atoms with Gasteiger partial charge < -0.3 is 0 Å². The van der Waals surface area contributed by atoms with E-state index in [4.69, 9.17) is 22.2 Å². The Kier molecular flexibility index (Phi) is 2.01. The molecule has 0 aromatic carbocycles. The van der Waals surface area contributed by atoms with Crippen LogP contribution in [0.2, 0.25) is 6.04 Å². The molecule has 42 valence electrons. The summed E-state index contributed by atoms with van der Waals surface area (Å²) < 4.78 is 0. The molecule has 0 unspecified atom stereocenters. The molecule has 0 amide bonds. The molecular weight excluding hydrogens is 147 g/mol. The van der Waals surface area contributed by atoms with Crippen LogP contribution in [0.1, 0.15) is 12.8 Å². The van der Waals surface area contributed by atoms with E-state index in [9.17, 15) is 0 Å². The minimum absolute atomic E-state index is 0.923. The molecule has 0 bridgehead atoms. The maximum absolute atomic E-state index is 5.62. The topological polar surface area (TPSA) is 0 Å². The molecule has 1 fully saturated rings. The summed E-state index contributed by atoms with van der Waals surface area (Å²) in [6, 6.07) is 1.14. The Balaban J connectivity index is 1.97. The maximum atomic E-state index is 5.62. The summed E-state index contributed by atoms with van der Waals surface area (Å²) in [6.45, 7) is 0. The molecule has 0 aromatic rings. The van der Waals surface area contributed by atoms with Crippen molar-refractivity contribution in [1.82, 2.24) is 0 Å². The lowest BCUT2D eigenvalue weighted by Crippen LogP contribution is -1.91. The molecule has 0 aromatic heterocycles. The Morgan fingerprint density at radius 2 is 2.00 bits per heavy atom. The summed E-state index contributed by atoms with van der Waals surface area (Å²) in [5.74, 6) is 0.923. The predicted octanol–water partition coefficient (Wildman–Crippen LogP) is 2.09. The van der Waals surface area contributed by atoms with E-state index in [0.717, 1.165) is 12.0 Å². The van der Waals surface area contributed by atoms with Crippen molar-refractivity contribution in [2.45, 2.75) is 18.9 Å². The van der Waals surface area contributed by atoms with Crippen LogP contribution in [0.5, 0.6) is 0 Å². The van der Waals surface area contributed by atoms with Gasteiger partial charge in [0, 0.05) is 0 Å². The van der Waals surface area contributed by atoms with Crippen LogP contribution in [0.15, 0.2) is 0 Å². The van der Waals surface area contributed by atoms with Gasteiger partial charge in [-0.1, -0.05) is 12.8 Å². The van der Waals surface area contributed by atoms with Gasteiger partial charge in [-0.05, 0) is 12.0 Å². The van der Waals surface area contributed by atoms with Crippen LogP contribution in [0.4, 0.5) is 0 Å². The first-order chi connectivity index (χ1) is 3.29.